The van der Waals surface area contributed by atoms with Gasteiger partial charge in [0.15, 0.2) is 5.82 Å². The zero-order valence-electron chi connectivity index (χ0n) is 11.1. The van der Waals surface area contributed by atoms with Crippen LogP contribution in [0.25, 0.3) is 17.1 Å². The second kappa shape index (κ2) is 5.76. The molecule has 0 spiro atoms. The highest BCUT2D eigenvalue weighted by molar-refractivity contribution is 6.36. The summed E-state index contributed by atoms with van der Waals surface area (Å²) in [6.07, 6.45) is 1.49. The monoisotopic (exact) mass is 319 g/mol. The number of benzene rings is 2. The summed E-state index contributed by atoms with van der Waals surface area (Å²) >= 11 is 12.2. The molecule has 0 fully saturated rings. The SMILES string of the molecule is COc1ccc(-n2ncnc2-c2ccc(Cl)cc2Cl)cc1. The lowest BCUT2D eigenvalue weighted by Crippen LogP contribution is -2.00. The van der Waals surface area contributed by atoms with E-state index in [1.807, 2.05) is 30.3 Å². The minimum absolute atomic E-state index is 0.533. The van der Waals surface area contributed by atoms with Crippen molar-refractivity contribution in [2.45, 2.75) is 0 Å². The van der Waals surface area contributed by atoms with Crippen LogP contribution in [0.15, 0.2) is 48.8 Å². The molecule has 0 unspecified atom stereocenters. The highest BCUT2D eigenvalue weighted by atomic mass is 35.5. The van der Waals surface area contributed by atoms with Crippen molar-refractivity contribution in [3.63, 3.8) is 0 Å². The van der Waals surface area contributed by atoms with E-state index in [0.717, 1.165) is 17.0 Å². The first-order chi connectivity index (χ1) is 10.2. The molecular weight excluding hydrogens is 309 g/mol. The van der Waals surface area contributed by atoms with Crippen molar-refractivity contribution in [2.75, 3.05) is 7.11 Å². The fraction of sp³-hybridized carbons (Fsp3) is 0.0667. The van der Waals surface area contributed by atoms with Gasteiger partial charge in [-0.25, -0.2) is 9.67 Å². The number of hydrogen-bond donors (Lipinski definition) is 0. The lowest BCUT2D eigenvalue weighted by atomic mass is 10.2. The van der Waals surface area contributed by atoms with Crippen LogP contribution in [-0.4, -0.2) is 21.9 Å². The van der Waals surface area contributed by atoms with Crippen LogP contribution in [0.3, 0.4) is 0 Å². The van der Waals surface area contributed by atoms with Gasteiger partial charge in [0.1, 0.15) is 12.1 Å². The predicted octanol–water partition coefficient (Wildman–Crippen LogP) is 4.25. The van der Waals surface area contributed by atoms with Crippen LogP contribution in [0.5, 0.6) is 5.75 Å². The van der Waals surface area contributed by atoms with Crippen molar-refractivity contribution >= 4 is 23.2 Å². The van der Waals surface area contributed by atoms with Crippen LogP contribution >= 0.6 is 23.2 Å². The maximum absolute atomic E-state index is 6.24. The summed E-state index contributed by atoms with van der Waals surface area (Å²) in [4.78, 5) is 4.29. The normalized spacial score (nSPS) is 10.6. The van der Waals surface area contributed by atoms with Gasteiger partial charge in [-0.15, -0.1) is 0 Å². The van der Waals surface area contributed by atoms with E-state index in [9.17, 15) is 0 Å². The van der Waals surface area contributed by atoms with E-state index in [0.29, 0.717) is 15.9 Å². The Morgan fingerprint density at radius 1 is 1.05 bits per heavy atom. The lowest BCUT2D eigenvalue weighted by molar-refractivity contribution is 0.414. The molecule has 21 heavy (non-hydrogen) atoms. The number of nitrogens with zero attached hydrogens (tertiary/aromatic N) is 3. The fourth-order valence-electron chi connectivity index (χ4n) is 2.01. The molecule has 1 aromatic heterocycles. The number of halogens is 2. The number of ether oxygens (including phenoxy) is 1. The van der Waals surface area contributed by atoms with Crippen LogP contribution in [0, 0.1) is 0 Å². The highest BCUT2D eigenvalue weighted by Crippen LogP contribution is 2.30. The molecule has 0 radical (unpaired) electrons. The first kappa shape index (κ1) is 13.9. The van der Waals surface area contributed by atoms with Crippen LogP contribution in [-0.2, 0) is 0 Å². The Bertz CT molecular complexity index is 769. The summed E-state index contributed by atoms with van der Waals surface area (Å²) in [6, 6.07) is 12.8. The summed E-state index contributed by atoms with van der Waals surface area (Å²) in [5.41, 5.74) is 1.64. The smallest absolute Gasteiger partial charge is 0.164 e. The minimum Gasteiger partial charge on any atom is -0.497 e. The minimum atomic E-state index is 0.533. The van der Waals surface area contributed by atoms with Gasteiger partial charge in [-0.1, -0.05) is 23.2 Å². The van der Waals surface area contributed by atoms with Crippen molar-refractivity contribution < 1.29 is 4.74 Å². The van der Waals surface area contributed by atoms with Crippen molar-refractivity contribution in [3.05, 3.63) is 58.8 Å². The molecule has 3 rings (SSSR count). The van der Waals surface area contributed by atoms with Crippen LogP contribution in [0.2, 0.25) is 10.0 Å². The molecule has 3 aromatic rings. The van der Waals surface area contributed by atoms with Gasteiger partial charge < -0.3 is 4.74 Å². The molecule has 4 nitrogen and oxygen atoms in total. The van der Waals surface area contributed by atoms with Gasteiger partial charge in [0, 0.05) is 10.6 Å². The maximum Gasteiger partial charge on any atom is 0.164 e. The Kier molecular flexibility index (Phi) is 3.82. The quantitative estimate of drug-likeness (QED) is 0.724. The molecule has 0 aliphatic heterocycles. The second-order valence-electron chi connectivity index (χ2n) is 4.32. The molecule has 0 saturated carbocycles. The maximum atomic E-state index is 6.24. The Balaban J connectivity index is 2.07. The molecular formula is C15H11Cl2N3O. The lowest BCUT2D eigenvalue weighted by Gasteiger charge is -2.08. The van der Waals surface area contributed by atoms with Crippen LogP contribution in [0.4, 0.5) is 0 Å². The Morgan fingerprint density at radius 3 is 2.48 bits per heavy atom. The predicted molar refractivity (Wildman–Crippen MR) is 83.4 cm³/mol. The molecule has 1 heterocycles. The van der Waals surface area contributed by atoms with Crippen molar-refractivity contribution in [2.24, 2.45) is 0 Å². The summed E-state index contributed by atoms with van der Waals surface area (Å²) in [5, 5.41) is 5.37. The van der Waals surface area contributed by atoms with E-state index < -0.39 is 0 Å². The number of hydrogen-bond acceptors (Lipinski definition) is 3. The second-order valence-corrected chi connectivity index (χ2v) is 5.16. The van der Waals surface area contributed by atoms with E-state index in [2.05, 4.69) is 10.1 Å². The Morgan fingerprint density at radius 2 is 1.81 bits per heavy atom. The zero-order valence-corrected chi connectivity index (χ0v) is 12.6. The van der Waals surface area contributed by atoms with Gasteiger partial charge in [0.25, 0.3) is 0 Å². The summed E-state index contributed by atoms with van der Waals surface area (Å²) in [6.45, 7) is 0. The average molecular weight is 320 g/mol. The van der Waals surface area contributed by atoms with Gasteiger partial charge in [-0.05, 0) is 42.5 Å². The average Bonchev–Trinajstić information content (AvgIpc) is 2.96. The first-order valence-electron chi connectivity index (χ1n) is 6.19. The zero-order chi connectivity index (χ0) is 14.8. The third-order valence-corrected chi connectivity index (χ3v) is 3.58. The van der Waals surface area contributed by atoms with Crippen LogP contribution in [0.1, 0.15) is 0 Å². The number of aromatic nitrogens is 3. The topological polar surface area (TPSA) is 39.9 Å². The third kappa shape index (κ3) is 2.73. The van der Waals surface area contributed by atoms with E-state index >= 15 is 0 Å². The Labute approximate surface area is 131 Å². The van der Waals surface area contributed by atoms with Gasteiger partial charge in [-0.3, -0.25) is 0 Å². The molecule has 106 valence electrons. The molecule has 0 amide bonds. The molecule has 0 aliphatic rings. The number of methoxy groups -OCH3 is 1. The standard InChI is InChI=1S/C15H11Cl2N3O/c1-21-12-5-3-11(4-6-12)20-15(18-9-19-20)13-7-2-10(16)8-14(13)17/h2-9H,1H3. The fourth-order valence-corrected chi connectivity index (χ4v) is 2.50. The van der Waals surface area contributed by atoms with Gasteiger partial charge in [-0.2, -0.15) is 5.10 Å². The van der Waals surface area contributed by atoms with Gasteiger partial charge in [0.05, 0.1) is 17.8 Å². The largest absolute Gasteiger partial charge is 0.497 e. The first-order valence-corrected chi connectivity index (χ1v) is 6.94. The van der Waals surface area contributed by atoms with Crippen molar-refractivity contribution in [1.29, 1.82) is 0 Å². The molecule has 0 aliphatic carbocycles. The third-order valence-electron chi connectivity index (χ3n) is 3.04. The molecule has 0 bridgehead atoms. The summed E-state index contributed by atoms with van der Waals surface area (Å²) < 4.78 is 6.87. The molecule has 2 aromatic carbocycles. The van der Waals surface area contributed by atoms with E-state index in [1.54, 1.807) is 23.9 Å². The van der Waals surface area contributed by atoms with E-state index in [4.69, 9.17) is 27.9 Å². The highest BCUT2D eigenvalue weighted by Gasteiger charge is 2.12. The summed E-state index contributed by atoms with van der Waals surface area (Å²) in [5.74, 6) is 1.44. The van der Waals surface area contributed by atoms with Crippen molar-refractivity contribution in [1.82, 2.24) is 14.8 Å². The molecule has 0 atom stereocenters. The van der Waals surface area contributed by atoms with Crippen LogP contribution < -0.4 is 4.74 Å². The summed E-state index contributed by atoms with van der Waals surface area (Å²) in [7, 11) is 1.63. The van der Waals surface area contributed by atoms with Gasteiger partial charge >= 0.3 is 0 Å². The van der Waals surface area contributed by atoms with E-state index in [1.165, 1.54) is 6.33 Å². The number of rotatable bonds is 3. The van der Waals surface area contributed by atoms with Gasteiger partial charge in [0.2, 0.25) is 0 Å². The van der Waals surface area contributed by atoms with E-state index in [-0.39, 0.29) is 0 Å². The molecule has 0 saturated heterocycles. The van der Waals surface area contributed by atoms with Crippen molar-refractivity contribution in [3.8, 4) is 22.8 Å². The Hall–Kier alpha value is -2.04. The molecule has 0 N–H and O–H groups in total. The molecule has 6 heteroatoms.